The highest BCUT2D eigenvalue weighted by atomic mass is 31.2. The molecule has 1 aliphatic heterocycles. The summed E-state index contributed by atoms with van der Waals surface area (Å²) in [6.45, 7) is 33.9. The molecule has 40 heavy (non-hydrogen) atoms. The Labute approximate surface area is 246 Å². The zero-order valence-corrected chi connectivity index (χ0v) is 29.1. The molecule has 0 amide bonds. The minimum atomic E-state index is -4.09. The average molecular weight is 569 g/mol. The maximum atomic E-state index is 14.0. The minimum Gasteiger partial charge on any atom is -0.420 e. The van der Waals surface area contributed by atoms with Gasteiger partial charge in [0, 0.05) is 16.7 Å². The molecular weight excluding hydrogens is 511 g/mol. The standard InChI is InChI=1S/C36H57O3P/c1-31(2,3)21-34(10,11)24-16-17-26-27-18-25(35(12,13)22-32(4,5)6)19-28(36(14,15)23-33(7,8)9)30(27)39-40(37,38)29(26)20-24/h16-20H,21-23H2,1-15H3,(H,37,38). The minimum absolute atomic E-state index is 0.0797. The van der Waals surface area contributed by atoms with Gasteiger partial charge in [0.1, 0.15) is 5.75 Å². The average Bonchev–Trinajstić information content (AvgIpc) is 2.67. The van der Waals surface area contributed by atoms with Crippen molar-refractivity contribution in [2.75, 3.05) is 0 Å². The van der Waals surface area contributed by atoms with E-state index in [1.54, 1.807) is 0 Å². The molecule has 3 rings (SSSR count). The highest BCUT2D eigenvalue weighted by Crippen LogP contribution is 2.57. The van der Waals surface area contributed by atoms with Crippen molar-refractivity contribution in [3.05, 3.63) is 47.0 Å². The third-order valence-corrected chi connectivity index (χ3v) is 9.51. The van der Waals surface area contributed by atoms with Gasteiger partial charge in [-0.25, -0.2) is 4.57 Å². The van der Waals surface area contributed by atoms with Crippen LogP contribution in [0.15, 0.2) is 30.3 Å². The van der Waals surface area contributed by atoms with Crippen molar-refractivity contribution in [2.24, 2.45) is 16.2 Å². The van der Waals surface area contributed by atoms with Crippen LogP contribution in [0.4, 0.5) is 0 Å². The molecule has 1 aliphatic rings. The second-order valence-electron chi connectivity index (χ2n) is 18.1. The Morgan fingerprint density at radius 3 is 1.52 bits per heavy atom. The van der Waals surface area contributed by atoms with Gasteiger partial charge in [-0.2, -0.15) is 0 Å². The first kappa shape index (κ1) is 32.9. The van der Waals surface area contributed by atoms with Crippen LogP contribution in [0.1, 0.15) is 140 Å². The van der Waals surface area contributed by atoms with Crippen LogP contribution in [-0.2, 0) is 20.8 Å². The van der Waals surface area contributed by atoms with Gasteiger partial charge in [-0.1, -0.05) is 122 Å². The maximum Gasteiger partial charge on any atom is 0.408 e. The number of fused-ring (bicyclic) bond motifs is 3. The van der Waals surface area contributed by atoms with Crippen LogP contribution >= 0.6 is 7.60 Å². The molecule has 4 heteroatoms. The lowest BCUT2D eigenvalue weighted by atomic mass is 9.68. The van der Waals surface area contributed by atoms with Gasteiger partial charge in [-0.05, 0) is 75.0 Å². The zero-order chi connectivity index (χ0) is 30.9. The number of rotatable bonds is 6. The Balaban J connectivity index is 2.35. The van der Waals surface area contributed by atoms with Crippen molar-refractivity contribution in [3.63, 3.8) is 0 Å². The van der Waals surface area contributed by atoms with Gasteiger partial charge >= 0.3 is 7.60 Å². The van der Waals surface area contributed by atoms with E-state index in [2.05, 4.69) is 128 Å². The predicted octanol–water partition coefficient (Wildman–Crippen LogP) is 10.7. The van der Waals surface area contributed by atoms with Gasteiger partial charge in [0.15, 0.2) is 0 Å². The quantitative estimate of drug-likeness (QED) is 0.353. The first-order chi connectivity index (χ1) is 17.6. The molecule has 0 radical (unpaired) electrons. The Morgan fingerprint density at radius 2 is 1.05 bits per heavy atom. The predicted molar refractivity (Wildman–Crippen MR) is 173 cm³/mol. The Kier molecular flexibility index (Phi) is 8.25. The largest absolute Gasteiger partial charge is 0.420 e. The molecule has 0 fully saturated rings. The highest BCUT2D eigenvalue weighted by molar-refractivity contribution is 7.62. The molecule has 1 N–H and O–H groups in total. The Bertz CT molecular complexity index is 1310. The molecule has 2 aromatic carbocycles. The van der Waals surface area contributed by atoms with Crippen molar-refractivity contribution < 1.29 is 14.0 Å². The molecule has 0 aromatic heterocycles. The summed E-state index contributed by atoms with van der Waals surface area (Å²) >= 11 is 0. The summed E-state index contributed by atoms with van der Waals surface area (Å²) in [6.07, 6.45) is 2.90. The Morgan fingerprint density at radius 1 is 0.600 bits per heavy atom. The fourth-order valence-corrected chi connectivity index (χ4v) is 9.03. The molecule has 1 heterocycles. The van der Waals surface area contributed by atoms with Crippen LogP contribution in [0.3, 0.4) is 0 Å². The maximum absolute atomic E-state index is 14.0. The summed E-state index contributed by atoms with van der Waals surface area (Å²) in [5.41, 5.74) is 4.97. The zero-order valence-electron chi connectivity index (χ0n) is 28.2. The van der Waals surface area contributed by atoms with Crippen molar-refractivity contribution in [3.8, 4) is 16.9 Å². The van der Waals surface area contributed by atoms with Gasteiger partial charge in [0.2, 0.25) is 0 Å². The second kappa shape index (κ2) is 10.0. The third kappa shape index (κ3) is 7.43. The summed E-state index contributed by atoms with van der Waals surface area (Å²) in [7, 11) is -4.09. The molecule has 1 atom stereocenters. The van der Waals surface area contributed by atoms with Gasteiger partial charge in [0.05, 0.1) is 5.30 Å². The SMILES string of the molecule is CC(C)(C)CC(C)(C)c1cc2c(c(C(C)(C)CC(C)(C)C)c1)OP(=O)(O)c1cc(C(C)(C)CC(C)(C)C)ccc1-2. The van der Waals surface area contributed by atoms with Crippen LogP contribution < -0.4 is 9.83 Å². The molecule has 0 spiro atoms. The van der Waals surface area contributed by atoms with E-state index in [1.165, 1.54) is 5.56 Å². The lowest BCUT2D eigenvalue weighted by Crippen LogP contribution is -2.30. The van der Waals surface area contributed by atoms with Crippen molar-refractivity contribution in [1.82, 2.24) is 0 Å². The third-order valence-electron chi connectivity index (χ3n) is 8.11. The van der Waals surface area contributed by atoms with Crippen LogP contribution in [0.5, 0.6) is 5.75 Å². The number of hydrogen-bond donors (Lipinski definition) is 1. The molecule has 0 aliphatic carbocycles. The summed E-state index contributed by atoms with van der Waals surface area (Å²) < 4.78 is 20.2. The summed E-state index contributed by atoms with van der Waals surface area (Å²) in [5, 5.41) is 0.421. The summed E-state index contributed by atoms with van der Waals surface area (Å²) in [4.78, 5) is 11.4. The summed E-state index contributed by atoms with van der Waals surface area (Å²) in [5.74, 6) is 0.574. The van der Waals surface area contributed by atoms with E-state index in [0.717, 1.165) is 41.5 Å². The van der Waals surface area contributed by atoms with Gasteiger partial charge in [-0.3, -0.25) is 0 Å². The van der Waals surface area contributed by atoms with Gasteiger partial charge in [0.25, 0.3) is 0 Å². The fourth-order valence-electron chi connectivity index (χ4n) is 7.68. The fraction of sp³-hybridized carbons (Fsp3) is 0.667. The molecule has 1 unspecified atom stereocenters. The molecular formula is C36H57O3P. The van der Waals surface area contributed by atoms with Crippen LogP contribution in [0, 0.1) is 16.2 Å². The number of benzene rings is 2. The van der Waals surface area contributed by atoms with Gasteiger partial charge in [-0.15, -0.1) is 0 Å². The van der Waals surface area contributed by atoms with E-state index in [4.69, 9.17) is 4.52 Å². The topological polar surface area (TPSA) is 46.5 Å². The molecule has 224 valence electrons. The first-order valence-electron chi connectivity index (χ1n) is 15.0. The highest BCUT2D eigenvalue weighted by Gasteiger charge is 2.42. The van der Waals surface area contributed by atoms with E-state index in [0.29, 0.717) is 11.1 Å². The lowest BCUT2D eigenvalue weighted by Gasteiger charge is -2.39. The van der Waals surface area contributed by atoms with Crippen molar-refractivity contribution >= 4 is 12.9 Å². The van der Waals surface area contributed by atoms with E-state index < -0.39 is 7.60 Å². The lowest BCUT2D eigenvalue weighted by molar-refractivity contribution is 0.276. The normalized spacial score (nSPS) is 18.7. The monoisotopic (exact) mass is 568 g/mol. The molecule has 3 nitrogen and oxygen atoms in total. The van der Waals surface area contributed by atoms with Crippen LogP contribution in [-0.4, -0.2) is 4.89 Å². The van der Waals surface area contributed by atoms with E-state index >= 15 is 0 Å². The summed E-state index contributed by atoms with van der Waals surface area (Å²) in [6, 6.07) is 10.7. The van der Waals surface area contributed by atoms with Crippen molar-refractivity contribution in [2.45, 2.75) is 139 Å². The molecule has 0 bridgehead atoms. The van der Waals surface area contributed by atoms with E-state index in [9.17, 15) is 9.46 Å². The van der Waals surface area contributed by atoms with Crippen LogP contribution in [0.2, 0.25) is 0 Å². The smallest absolute Gasteiger partial charge is 0.408 e. The number of hydrogen-bond acceptors (Lipinski definition) is 2. The van der Waals surface area contributed by atoms with Gasteiger partial charge < -0.3 is 9.42 Å². The van der Waals surface area contributed by atoms with E-state index in [1.807, 2.05) is 6.07 Å². The van der Waals surface area contributed by atoms with Crippen LogP contribution in [0.25, 0.3) is 11.1 Å². The molecule has 0 saturated heterocycles. The molecule has 0 saturated carbocycles. The Hall–Kier alpha value is -1.57. The first-order valence-corrected chi connectivity index (χ1v) is 16.6. The van der Waals surface area contributed by atoms with Crippen molar-refractivity contribution in [1.29, 1.82) is 0 Å². The van der Waals surface area contributed by atoms with E-state index in [-0.39, 0.29) is 32.5 Å². The second-order valence-corrected chi connectivity index (χ2v) is 19.8. The molecule has 2 aromatic rings.